The molecule has 7 amide bonds. The minimum atomic E-state index is -3.83. The molecule has 27 heteroatoms. The van der Waals surface area contributed by atoms with Gasteiger partial charge in [0, 0.05) is 62.7 Å². The Balaban J connectivity index is 0.000000182. The lowest BCUT2D eigenvalue weighted by molar-refractivity contribution is -0.145. The highest BCUT2D eigenvalue weighted by Gasteiger charge is 2.63. The first-order valence-corrected chi connectivity index (χ1v) is 28.1. The molecule has 416 valence electrons. The average molecular weight is 1120 g/mol. The number of carbonyl (C=O) groups excluding carboxylic acids is 7. The molecule has 0 bridgehead atoms. The zero-order valence-electron chi connectivity index (χ0n) is 42.2. The second-order valence-electron chi connectivity index (χ2n) is 20.6. The van der Waals surface area contributed by atoms with Gasteiger partial charge in [0.25, 0.3) is 5.91 Å². The van der Waals surface area contributed by atoms with Gasteiger partial charge in [-0.3, -0.25) is 38.5 Å². The summed E-state index contributed by atoms with van der Waals surface area (Å²) in [5.41, 5.74) is -0.642. The summed E-state index contributed by atoms with van der Waals surface area (Å²) in [6, 6.07) is 7.29. The minimum absolute atomic E-state index is 0.0108. The van der Waals surface area contributed by atoms with Crippen LogP contribution in [0.3, 0.4) is 0 Å². The Labute approximate surface area is 442 Å². The van der Waals surface area contributed by atoms with Crippen LogP contribution < -0.4 is 20.5 Å². The van der Waals surface area contributed by atoms with Gasteiger partial charge in [-0.05, 0) is 61.8 Å². The fraction of sp³-hybridized carbons (Fsp3) is 0.520. The lowest BCUT2D eigenvalue weighted by Crippen LogP contribution is -2.56. The number of primary sulfonamides is 1. The third-order valence-corrected chi connectivity index (χ3v) is 18.3. The summed E-state index contributed by atoms with van der Waals surface area (Å²) in [7, 11) is -6.96. The number of carboxylic acid groups (broad SMARTS) is 1. The highest BCUT2D eigenvalue weighted by Crippen LogP contribution is 2.46. The number of fused-ring (bicyclic) bond motifs is 2. The molecule has 0 unspecified atom stereocenters. The van der Waals surface area contributed by atoms with E-state index >= 15 is 0 Å². The first-order valence-electron chi connectivity index (χ1n) is 24.9. The van der Waals surface area contributed by atoms with Crippen LogP contribution >= 0.6 is 0 Å². The van der Waals surface area contributed by atoms with Crippen LogP contribution in [0.5, 0.6) is 0 Å². The van der Waals surface area contributed by atoms with Crippen LogP contribution in [0.1, 0.15) is 87.5 Å². The van der Waals surface area contributed by atoms with E-state index in [4.69, 9.17) is 14.6 Å². The summed E-state index contributed by atoms with van der Waals surface area (Å²) in [5, 5.41) is 18.6. The van der Waals surface area contributed by atoms with Gasteiger partial charge in [-0.15, -0.1) is 13.2 Å². The molecule has 4 saturated carbocycles. The van der Waals surface area contributed by atoms with E-state index in [-0.39, 0.29) is 87.8 Å². The fourth-order valence-corrected chi connectivity index (χ4v) is 12.3. The van der Waals surface area contributed by atoms with Crippen LogP contribution in [0.2, 0.25) is 0 Å². The summed E-state index contributed by atoms with van der Waals surface area (Å²) in [6.07, 6.45) is 2.96. The van der Waals surface area contributed by atoms with Crippen molar-refractivity contribution in [1.29, 1.82) is 0 Å². The number of nitrogens with zero attached hydrogens (tertiary/aromatic N) is 4. The predicted octanol–water partition coefficient (Wildman–Crippen LogP) is 1.79. The Hall–Kier alpha value is -7.00. The Morgan fingerprint density at radius 3 is 1.43 bits per heavy atom. The summed E-state index contributed by atoms with van der Waals surface area (Å²) in [4.78, 5) is 106. The standard InChI is InChI=1S/C25H29FN4O7S.C22H24FN3O6.C3H7NO2S/c1-3-16-10-25(16,23(33)28-38(35,36)18-7-8-18)27-22(32)21-9-17(12-30(21)14(2)31)37-24(34)29-11-15-5-4-6-20(26)19(15)13-29;1-3-14-8-22(14,20(29)30)24-19(28)18-7-15(10-26(18)12(2)27)32-21(31)25-9-13-5-4-6-17(23)16(13)11-25;4-7(5,6)3-1-2-3/h3-6,16-18,21H,1,7-13H2,2H3,(H,27,32)(H,28,33);3-6,14-15,18H,1,7-11H2,2H3,(H,24,28)(H,29,30);3H,1-2H2,(H2,4,5,6)/t16-,17-,21+,25-;14-,15-,18+,22-;/m11./s1. The summed E-state index contributed by atoms with van der Waals surface area (Å²) >= 11 is 0. The van der Waals surface area contributed by atoms with Gasteiger partial charge < -0.3 is 35.0 Å². The van der Waals surface area contributed by atoms with Crippen molar-refractivity contribution in [2.45, 2.75) is 137 Å². The number of hydrogen-bond donors (Lipinski definition) is 5. The molecular formula is C50H60F2N8O15S2. The van der Waals surface area contributed by atoms with Gasteiger partial charge in [-0.25, -0.2) is 45.1 Å². The van der Waals surface area contributed by atoms with E-state index in [1.54, 1.807) is 24.3 Å². The highest BCUT2D eigenvalue weighted by atomic mass is 32.2. The Bertz CT molecular complexity index is 3050. The first-order chi connectivity index (χ1) is 36.2. The van der Waals surface area contributed by atoms with Gasteiger partial charge in [0.1, 0.15) is 47.0 Å². The molecule has 6 fully saturated rings. The lowest BCUT2D eigenvalue weighted by Gasteiger charge is -2.25. The Morgan fingerprint density at radius 2 is 1.09 bits per heavy atom. The average Bonchev–Trinajstić information content (AvgIpc) is 4.31. The van der Waals surface area contributed by atoms with Crippen molar-refractivity contribution in [3.63, 3.8) is 0 Å². The molecule has 8 aliphatic rings. The van der Waals surface area contributed by atoms with E-state index in [9.17, 15) is 69.1 Å². The molecule has 4 heterocycles. The smallest absolute Gasteiger partial charge is 0.410 e. The molecule has 2 aromatic rings. The number of benzene rings is 2. The van der Waals surface area contributed by atoms with Crippen LogP contribution in [-0.4, -0.2) is 148 Å². The van der Waals surface area contributed by atoms with Gasteiger partial charge in [0.15, 0.2) is 0 Å². The van der Waals surface area contributed by atoms with E-state index in [0.717, 1.165) is 12.8 Å². The van der Waals surface area contributed by atoms with Crippen LogP contribution in [0.4, 0.5) is 18.4 Å². The number of rotatable bonds is 13. The Kier molecular flexibility index (Phi) is 15.6. The number of aliphatic carboxylic acids is 1. The lowest BCUT2D eigenvalue weighted by atomic mass is 10.1. The van der Waals surface area contributed by atoms with Crippen molar-refractivity contribution < 1.29 is 78.6 Å². The van der Waals surface area contributed by atoms with Crippen molar-refractivity contribution in [3.05, 3.63) is 95.6 Å². The van der Waals surface area contributed by atoms with E-state index in [0.29, 0.717) is 35.1 Å². The van der Waals surface area contributed by atoms with Gasteiger partial charge >= 0.3 is 18.2 Å². The number of halogens is 2. The van der Waals surface area contributed by atoms with Gasteiger partial charge in [-0.1, -0.05) is 36.4 Å². The number of nitrogens with two attached hydrogens (primary N) is 1. The maximum atomic E-state index is 14.1. The largest absolute Gasteiger partial charge is 0.479 e. The molecule has 77 heavy (non-hydrogen) atoms. The Morgan fingerprint density at radius 1 is 0.675 bits per heavy atom. The maximum absolute atomic E-state index is 14.1. The van der Waals surface area contributed by atoms with Crippen LogP contribution in [0, 0.1) is 23.5 Å². The predicted molar refractivity (Wildman–Crippen MR) is 266 cm³/mol. The number of carboxylic acids is 1. The molecule has 2 aromatic carbocycles. The van der Waals surface area contributed by atoms with Gasteiger partial charge in [-0.2, -0.15) is 0 Å². The number of hydrogen-bond acceptors (Lipinski definition) is 14. The van der Waals surface area contributed by atoms with E-state index < -0.39 is 114 Å². The summed E-state index contributed by atoms with van der Waals surface area (Å²) in [6.45, 7) is 10.3. The van der Waals surface area contributed by atoms with Crippen molar-refractivity contribution in [2.24, 2.45) is 17.0 Å². The van der Waals surface area contributed by atoms with Crippen molar-refractivity contribution in [1.82, 2.24) is 35.0 Å². The van der Waals surface area contributed by atoms with E-state index in [2.05, 4.69) is 28.5 Å². The molecule has 8 atom stereocenters. The van der Waals surface area contributed by atoms with Crippen LogP contribution in [0.15, 0.2) is 61.7 Å². The third-order valence-electron chi connectivity index (χ3n) is 15.1. The summed E-state index contributed by atoms with van der Waals surface area (Å²) in [5.74, 6) is -5.72. The molecule has 2 saturated heterocycles. The van der Waals surface area contributed by atoms with Crippen molar-refractivity contribution in [3.8, 4) is 0 Å². The molecule has 4 aliphatic carbocycles. The van der Waals surface area contributed by atoms with Gasteiger partial charge in [0.05, 0.1) is 36.7 Å². The SMILES string of the molecule is C=C[C@@H]1C[C@]1(NC(=O)[C@@H]1C[C@@H](OC(=O)N2Cc3cccc(F)c3C2)CN1C(C)=O)C(=O)NS(=O)(=O)C1CC1.C=C[C@@H]1C[C@]1(NC(=O)[C@@H]1C[C@@H](OC(=O)N2Cc3cccc(F)c3C2)CN1C(C)=O)C(=O)O.NS(=O)(=O)C1CC1. The van der Waals surface area contributed by atoms with E-state index in [1.807, 2.05) is 0 Å². The van der Waals surface area contributed by atoms with Crippen molar-refractivity contribution >= 4 is 67.7 Å². The van der Waals surface area contributed by atoms with Crippen LogP contribution in [-0.2, 0) is 84.5 Å². The van der Waals surface area contributed by atoms with Crippen LogP contribution in [0.25, 0.3) is 0 Å². The van der Waals surface area contributed by atoms with E-state index in [1.165, 1.54) is 57.7 Å². The molecule has 0 radical (unpaired) electrons. The topological polar surface area (TPSA) is 319 Å². The number of carbonyl (C=O) groups is 8. The maximum Gasteiger partial charge on any atom is 0.410 e. The fourth-order valence-electron chi connectivity index (χ4n) is 10.1. The number of amides is 7. The van der Waals surface area contributed by atoms with Gasteiger partial charge in [0.2, 0.25) is 43.7 Å². The number of likely N-dealkylation sites (tertiary alicyclic amines) is 2. The molecule has 4 aliphatic heterocycles. The number of sulfonamides is 2. The number of nitrogens with one attached hydrogen (secondary N) is 3. The van der Waals surface area contributed by atoms with Crippen molar-refractivity contribution in [2.75, 3.05) is 13.1 Å². The first kappa shape index (κ1) is 56.2. The quantitative estimate of drug-likeness (QED) is 0.179. The second-order valence-corrected chi connectivity index (χ2v) is 24.4. The third kappa shape index (κ3) is 12.1. The second kappa shape index (κ2) is 21.4. The molecule has 23 nitrogen and oxygen atoms in total. The zero-order valence-corrected chi connectivity index (χ0v) is 43.8. The molecule has 0 aromatic heterocycles. The monoisotopic (exact) mass is 1110 g/mol. The number of ether oxygens (including phenoxy) is 2. The minimum Gasteiger partial charge on any atom is -0.479 e. The molecule has 0 spiro atoms. The zero-order chi connectivity index (χ0) is 56.1. The summed E-state index contributed by atoms with van der Waals surface area (Å²) < 4.78 is 86.1. The molecule has 10 rings (SSSR count). The molecular weight excluding hydrogens is 1050 g/mol. The highest BCUT2D eigenvalue weighted by molar-refractivity contribution is 7.91. The molecule has 6 N–H and O–H groups in total. The normalized spacial score (nSPS) is 27.5.